The normalized spacial score (nSPS) is 10.8. The first kappa shape index (κ1) is 18.1. The molecule has 1 heterocycles. The van der Waals surface area contributed by atoms with Gasteiger partial charge in [0.15, 0.2) is 0 Å². The molecule has 0 unspecified atom stereocenters. The van der Waals surface area contributed by atoms with Crippen LogP contribution in [0.15, 0.2) is 84.9 Å². The summed E-state index contributed by atoms with van der Waals surface area (Å²) in [5.74, 6) is 1.76. The molecule has 0 saturated carbocycles. The highest BCUT2D eigenvalue weighted by Gasteiger charge is 2.15. The van der Waals surface area contributed by atoms with E-state index in [1.807, 2.05) is 48.5 Å². The summed E-state index contributed by atoms with van der Waals surface area (Å²) in [4.78, 5) is 8.47. The molecule has 0 bridgehead atoms. The van der Waals surface area contributed by atoms with E-state index in [0.717, 1.165) is 59.1 Å². The lowest BCUT2D eigenvalue weighted by atomic mass is 10.1. The van der Waals surface area contributed by atoms with Crippen molar-refractivity contribution in [1.82, 2.24) is 9.97 Å². The van der Waals surface area contributed by atoms with E-state index in [1.54, 1.807) is 0 Å². The number of nitrogens with one attached hydrogen (secondary N) is 1. The molecule has 1 aromatic heterocycles. The molecular weight excluding hydrogens is 344 g/mol. The maximum absolute atomic E-state index is 5.77. The van der Waals surface area contributed by atoms with Crippen molar-refractivity contribution in [3.8, 4) is 39.7 Å². The van der Waals surface area contributed by atoms with Crippen molar-refractivity contribution in [2.24, 2.45) is 0 Å². The van der Waals surface area contributed by atoms with Crippen molar-refractivity contribution in [1.29, 1.82) is 0 Å². The monoisotopic (exact) mass is 368 g/mol. The molecule has 0 radical (unpaired) electrons. The van der Waals surface area contributed by atoms with E-state index in [0.29, 0.717) is 0 Å². The number of ether oxygens (including phenoxy) is 1. The maximum atomic E-state index is 5.77. The first-order chi connectivity index (χ1) is 13.8. The lowest BCUT2D eigenvalue weighted by molar-refractivity contribution is 0.309. The minimum absolute atomic E-state index is 0.757. The van der Waals surface area contributed by atoms with Crippen LogP contribution in [0.5, 0.6) is 5.75 Å². The molecule has 140 valence electrons. The van der Waals surface area contributed by atoms with E-state index in [2.05, 4.69) is 48.3 Å². The summed E-state index contributed by atoms with van der Waals surface area (Å²) in [5, 5.41) is 0. The fourth-order valence-corrected chi connectivity index (χ4v) is 3.17. The largest absolute Gasteiger partial charge is 0.494 e. The first-order valence-corrected chi connectivity index (χ1v) is 9.79. The third kappa shape index (κ3) is 3.99. The molecule has 3 heteroatoms. The minimum atomic E-state index is 0.757. The second-order valence-corrected chi connectivity index (χ2v) is 6.77. The van der Waals surface area contributed by atoms with Gasteiger partial charge in [-0.2, -0.15) is 0 Å². The van der Waals surface area contributed by atoms with Crippen molar-refractivity contribution in [3.63, 3.8) is 0 Å². The molecule has 3 nitrogen and oxygen atoms in total. The van der Waals surface area contributed by atoms with Crippen LogP contribution in [0.1, 0.15) is 19.8 Å². The molecule has 0 atom stereocenters. The number of hydrogen-bond donors (Lipinski definition) is 1. The maximum Gasteiger partial charge on any atom is 0.138 e. The molecular formula is C25H24N2O. The van der Waals surface area contributed by atoms with Crippen LogP contribution in [0.2, 0.25) is 0 Å². The topological polar surface area (TPSA) is 37.9 Å². The summed E-state index contributed by atoms with van der Waals surface area (Å²) in [6.45, 7) is 2.92. The number of imidazole rings is 1. The van der Waals surface area contributed by atoms with Gasteiger partial charge in [-0.3, -0.25) is 0 Å². The molecule has 4 aromatic rings. The third-order valence-corrected chi connectivity index (χ3v) is 4.71. The molecule has 4 rings (SSSR count). The van der Waals surface area contributed by atoms with Gasteiger partial charge in [0.05, 0.1) is 18.0 Å². The highest BCUT2D eigenvalue weighted by atomic mass is 16.5. The van der Waals surface area contributed by atoms with E-state index in [9.17, 15) is 0 Å². The summed E-state index contributed by atoms with van der Waals surface area (Å²) < 4.78 is 5.77. The van der Waals surface area contributed by atoms with Crippen molar-refractivity contribution in [2.45, 2.75) is 19.8 Å². The van der Waals surface area contributed by atoms with Gasteiger partial charge in [-0.15, -0.1) is 0 Å². The zero-order valence-corrected chi connectivity index (χ0v) is 16.1. The second-order valence-electron chi connectivity index (χ2n) is 6.77. The fourth-order valence-electron chi connectivity index (χ4n) is 3.17. The molecule has 0 saturated heterocycles. The number of hydrogen-bond acceptors (Lipinski definition) is 2. The van der Waals surface area contributed by atoms with Crippen LogP contribution < -0.4 is 4.74 Å². The summed E-state index contributed by atoms with van der Waals surface area (Å²) in [6.07, 6.45) is 2.20. The van der Waals surface area contributed by atoms with E-state index in [4.69, 9.17) is 9.72 Å². The smallest absolute Gasteiger partial charge is 0.138 e. The number of H-pyrrole nitrogens is 1. The Labute approximate surface area is 166 Å². The summed E-state index contributed by atoms with van der Waals surface area (Å²) in [5.41, 5.74) is 5.26. The number of benzene rings is 3. The van der Waals surface area contributed by atoms with Gasteiger partial charge >= 0.3 is 0 Å². The number of aromatic nitrogens is 2. The molecule has 0 fully saturated rings. The molecule has 0 spiro atoms. The zero-order valence-electron chi connectivity index (χ0n) is 16.1. The lowest BCUT2D eigenvalue weighted by Gasteiger charge is -2.05. The number of unbranched alkanes of at least 4 members (excludes halogenated alkanes) is 1. The van der Waals surface area contributed by atoms with Crippen LogP contribution in [-0.2, 0) is 0 Å². The highest BCUT2D eigenvalue weighted by molar-refractivity contribution is 5.81. The van der Waals surface area contributed by atoms with Gasteiger partial charge < -0.3 is 9.72 Å². The molecule has 0 amide bonds. The van der Waals surface area contributed by atoms with E-state index in [-0.39, 0.29) is 0 Å². The van der Waals surface area contributed by atoms with Gasteiger partial charge in [0.2, 0.25) is 0 Å². The predicted molar refractivity (Wildman–Crippen MR) is 115 cm³/mol. The number of nitrogens with zero attached hydrogens (tertiary/aromatic N) is 1. The van der Waals surface area contributed by atoms with Crippen LogP contribution in [-0.4, -0.2) is 16.6 Å². The second kappa shape index (κ2) is 8.57. The number of rotatable bonds is 7. The summed E-state index contributed by atoms with van der Waals surface area (Å²) in [7, 11) is 0. The summed E-state index contributed by atoms with van der Waals surface area (Å²) in [6, 6.07) is 28.8. The first-order valence-electron chi connectivity index (χ1n) is 9.79. The van der Waals surface area contributed by atoms with Gasteiger partial charge in [0.25, 0.3) is 0 Å². The molecule has 1 N–H and O–H groups in total. The standard InChI is InChI=1S/C25H24N2O/c1-2-3-18-28-22-16-14-21(15-17-22)25-26-23(19-10-6-4-7-11-19)24(27-25)20-12-8-5-9-13-20/h4-17H,2-3,18H2,1H3,(H,26,27). The van der Waals surface area contributed by atoms with Crippen LogP contribution in [0.3, 0.4) is 0 Å². The van der Waals surface area contributed by atoms with Gasteiger partial charge in [0, 0.05) is 16.7 Å². The molecule has 0 aliphatic rings. The van der Waals surface area contributed by atoms with Gasteiger partial charge in [-0.1, -0.05) is 74.0 Å². The Morgan fingerprint density at radius 1 is 0.750 bits per heavy atom. The zero-order chi connectivity index (χ0) is 19.2. The minimum Gasteiger partial charge on any atom is -0.494 e. The Morgan fingerprint density at radius 3 is 2.04 bits per heavy atom. The van der Waals surface area contributed by atoms with Crippen LogP contribution in [0.25, 0.3) is 33.9 Å². The third-order valence-electron chi connectivity index (χ3n) is 4.71. The van der Waals surface area contributed by atoms with Crippen molar-refractivity contribution >= 4 is 0 Å². The van der Waals surface area contributed by atoms with Gasteiger partial charge in [0.1, 0.15) is 11.6 Å². The Kier molecular flexibility index (Phi) is 5.53. The highest BCUT2D eigenvalue weighted by Crippen LogP contribution is 2.33. The van der Waals surface area contributed by atoms with E-state index in [1.165, 1.54) is 0 Å². The molecule has 3 aromatic carbocycles. The Balaban J connectivity index is 1.70. The van der Waals surface area contributed by atoms with Gasteiger partial charge in [-0.05, 0) is 30.7 Å². The summed E-state index contributed by atoms with van der Waals surface area (Å²) >= 11 is 0. The molecule has 0 aliphatic heterocycles. The van der Waals surface area contributed by atoms with Gasteiger partial charge in [-0.25, -0.2) is 4.98 Å². The lowest BCUT2D eigenvalue weighted by Crippen LogP contribution is -1.96. The average Bonchev–Trinajstić information content (AvgIpc) is 3.21. The van der Waals surface area contributed by atoms with E-state index >= 15 is 0 Å². The van der Waals surface area contributed by atoms with Crippen LogP contribution in [0, 0.1) is 0 Å². The number of aromatic amines is 1. The fraction of sp³-hybridized carbons (Fsp3) is 0.160. The average molecular weight is 368 g/mol. The molecule has 28 heavy (non-hydrogen) atoms. The van der Waals surface area contributed by atoms with Crippen molar-refractivity contribution in [2.75, 3.05) is 6.61 Å². The Morgan fingerprint density at radius 2 is 1.39 bits per heavy atom. The quantitative estimate of drug-likeness (QED) is 0.374. The SMILES string of the molecule is CCCCOc1ccc(-c2nc(-c3ccccc3)c(-c3ccccc3)[nH]2)cc1. The van der Waals surface area contributed by atoms with Crippen molar-refractivity contribution in [3.05, 3.63) is 84.9 Å². The van der Waals surface area contributed by atoms with Crippen LogP contribution in [0.4, 0.5) is 0 Å². The Hall–Kier alpha value is -3.33. The molecule has 0 aliphatic carbocycles. The van der Waals surface area contributed by atoms with E-state index < -0.39 is 0 Å². The predicted octanol–water partition coefficient (Wildman–Crippen LogP) is 6.59. The van der Waals surface area contributed by atoms with Crippen molar-refractivity contribution < 1.29 is 4.74 Å². The van der Waals surface area contributed by atoms with Crippen LogP contribution >= 0.6 is 0 Å². The Bertz CT molecular complexity index is 949.